The van der Waals surface area contributed by atoms with Crippen LogP contribution < -0.4 is 4.74 Å². The largest absolute Gasteiger partial charge is 0.478 e. The Hall–Kier alpha value is -3.42. The van der Waals surface area contributed by atoms with Crippen LogP contribution in [0.4, 0.5) is 4.79 Å². The van der Waals surface area contributed by atoms with E-state index in [0.29, 0.717) is 32.1 Å². The number of ether oxygens (including phenoxy) is 1. The Morgan fingerprint density at radius 1 is 1.00 bits per heavy atom. The molecule has 150 valence electrons. The standard InChI is InChI=1S/C21H21N3O5/c25-19(18-11-17(18)14-4-2-1-3-5-14)23-6-8-24(9-7-23)21(28)29-16-10-15(20(26)27)12-22-13-16/h1-5,10,12-13,17-18H,6-9,11H2,(H,26,27). The number of benzene rings is 1. The van der Waals surface area contributed by atoms with E-state index in [1.807, 2.05) is 23.1 Å². The molecule has 1 aromatic carbocycles. The molecule has 2 atom stereocenters. The van der Waals surface area contributed by atoms with Crippen molar-refractivity contribution < 1.29 is 24.2 Å². The van der Waals surface area contributed by atoms with Crippen molar-refractivity contribution in [2.24, 2.45) is 5.92 Å². The maximum Gasteiger partial charge on any atom is 0.415 e. The van der Waals surface area contributed by atoms with Gasteiger partial charge in [-0.25, -0.2) is 9.59 Å². The molecule has 1 N–H and O–H groups in total. The number of hydrogen-bond acceptors (Lipinski definition) is 5. The second kappa shape index (κ2) is 7.90. The van der Waals surface area contributed by atoms with Gasteiger partial charge in [-0.2, -0.15) is 0 Å². The van der Waals surface area contributed by atoms with Crippen molar-refractivity contribution in [3.8, 4) is 5.75 Å². The molecular formula is C21H21N3O5. The molecule has 1 aliphatic carbocycles. The Morgan fingerprint density at radius 3 is 2.38 bits per heavy atom. The second-order valence-corrected chi connectivity index (χ2v) is 7.25. The monoisotopic (exact) mass is 395 g/mol. The van der Waals surface area contributed by atoms with Gasteiger partial charge in [0.15, 0.2) is 5.75 Å². The predicted molar refractivity (Wildman–Crippen MR) is 103 cm³/mol. The maximum absolute atomic E-state index is 12.7. The third kappa shape index (κ3) is 4.21. The molecule has 8 heteroatoms. The van der Waals surface area contributed by atoms with Crippen molar-refractivity contribution in [1.82, 2.24) is 14.8 Å². The van der Waals surface area contributed by atoms with Crippen LogP contribution in [0.5, 0.6) is 5.75 Å². The summed E-state index contributed by atoms with van der Waals surface area (Å²) < 4.78 is 5.23. The number of amides is 2. The Balaban J connectivity index is 1.28. The first-order chi connectivity index (χ1) is 14.0. The topological polar surface area (TPSA) is 100 Å². The van der Waals surface area contributed by atoms with Gasteiger partial charge in [-0.05, 0) is 24.0 Å². The first kappa shape index (κ1) is 18.9. The molecule has 2 aliphatic rings. The van der Waals surface area contributed by atoms with Crippen molar-refractivity contribution >= 4 is 18.0 Å². The van der Waals surface area contributed by atoms with Crippen LogP contribution in [0.3, 0.4) is 0 Å². The van der Waals surface area contributed by atoms with Gasteiger partial charge in [0, 0.05) is 38.3 Å². The van der Waals surface area contributed by atoms with Crippen molar-refractivity contribution in [3.05, 3.63) is 59.9 Å². The number of hydrogen-bond donors (Lipinski definition) is 1. The highest BCUT2D eigenvalue weighted by atomic mass is 16.6. The van der Waals surface area contributed by atoms with E-state index in [1.54, 1.807) is 0 Å². The van der Waals surface area contributed by atoms with E-state index in [4.69, 9.17) is 9.84 Å². The first-order valence-electron chi connectivity index (χ1n) is 9.52. The van der Waals surface area contributed by atoms with Crippen molar-refractivity contribution in [1.29, 1.82) is 0 Å². The zero-order valence-electron chi connectivity index (χ0n) is 15.7. The summed E-state index contributed by atoms with van der Waals surface area (Å²) in [5.74, 6) is -0.597. The number of nitrogens with zero attached hydrogens (tertiary/aromatic N) is 3. The van der Waals surface area contributed by atoms with Gasteiger partial charge < -0.3 is 19.6 Å². The molecule has 8 nitrogen and oxygen atoms in total. The van der Waals surface area contributed by atoms with Gasteiger partial charge in [0.1, 0.15) is 0 Å². The molecule has 0 radical (unpaired) electrons. The van der Waals surface area contributed by atoms with Crippen molar-refractivity contribution in [3.63, 3.8) is 0 Å². The van der Waals surface area contributed by atoms with E-state index in [9.17, 15) is 14.4 Å². The summed E-state index contributed by atoms with van der Waals surface area (Å²) in [6, 6.07) is 11.3. The summed E-state index contributed by atoms with van der Waals surface area (Å²) in [5.41, 5.74) is 1.15. The van der Waals surface area contributed by atoms with E-state index in [2.05, 4.69) is 17.1 Å². The van der Waals surface area contributed by atoms with Crippen LogP contribution in [0.2, 0.25) is 0 Å². The third-order valence-electron chi connectivity index (χ3n) is 5.35. The summed E-state index contributed by atoms with van der Waals surface area (Å²) in [4.78, 5) is 43.2. The van der Waals surface area contributed by atoms with Crippen molar-refractivity contribution in [2.75, 3.05) is 26.2 Å². The minimum Gasteiger partial charge on any atom is -0.478 e. The Kier molecular flexibility index (Phi) is 5.16. The Morgan fingerprint density at radius 2 is 1.69 bits per heavy atom. The molecule has 2 aromatic rings. The number of carbonyl (C=O) groups is 3. The zero-order valence-corrected chi connectivity index (χ0v) is 15.7. The molecular weight excluding hydrogens is 374 g/mol. The molecule has 0 spiro atoms. The van der Waals surface area contributed by atoms with Crippen LogP contribution in [-0.2, 0) is 4.79 Å². The van der Waals surface area contributed by atoms with E-state index < -0.39 is 12.1 Å². The number of rotatable bonds is 4. The van der Waals surface area contributed by atoms with E-state index in [0.717, 1.165) is 6.42 Å². The summed E-state index contributed by atoms with van der Waals surface area (Å²) in [7, 11) is 0. The summed E-state index contributed by atoms with van der Waals surface area (Å²) in [6.07, 6.45) is 2.78. The van der Waals surface area contributed by atoms with E-state index in [1.165, 1.54) is 28.9 Å². The molecule has 1 aromatic heterocycles. The van der Waals surface area contributed by atoms with Crippen LogP contribution in [0, 0.1) is 5.92 Å². The van der Waals surface area contributed by atoms with E-state index in [-0.39, 0.29) is 23.1 Å². The molecule has 1 aliphatic heterocycles. The molecule has 4 rings (SSSR count). The number of carboxylic acid groups (broad SMARTS) is 1. The van der Waals surface area contributed by atoms with Gasteiger partial charge in [-0.15, -0.1) is 0 Å². The van der Waals surface area contributed by atoms with Gasteiger partial charge in [-0.1, -0.05) is 30.3 Å². The van der Waals surface area contributed by atoms with Crippen LogP contribution in [0.1, 0.15) is 28.3 Å². The molecule has 2 fully saturated rings. The predicted octanol–water partition coefficient (Wildman–Crippen LogP) is 2.23. The summed E-state index contributed by atoms with van der Waals surface area (Å²) >= 11 is 0. The fourth-order valence-corrected chi connectivity index (χ4v) is 3.64. The Bertz CT molecular complexity index is 925. The summed E-state index contributed by atoms with van der Waals surface area (Å²) in [6.45, 7) is 1.66. The lowest BCUT2D eigenvalue weighted by Crippen LogP contribution is -2.51. The van der Waals surface area contributed by atoms with Gasteiger partial charge >= 0.3 is 12.1 Å². The molecule has 0 bridgehead atoms. The van der Waals surface area contributed by atoms with Crippen molar-refractivity contribution in [2.45, 2.75) is 12.3 Å². The molecule has 1 saturated carbocycles. The average Bonchev–Trinajstić information content (AvgIpc) is 3.55. The van der Waals surface area contributed by atoms with Crippen LogP contribution in [-0.4, -0.2) is 64.0 Å². The molecule has 29 heavy (non-hydrogen) atoms. The number of carbonyl (C=O) groups excluding carboxylic acids is 2. The van der Waals surface area contributed by atoms with E-state index >= 15 is 0 Å². The third-order valence-corrected chi connectivity index (χ3v) is 5.35. The fourth-order valence-electron chi connectivity index (χ4n) is 3.64. The minimum absolute atomic E-state index is 0.0285. The zero-order chi connectivity index (χ0) is 20.4. The number of pyridine rings is 1. The fraction of sp³-hybridized carbons (Fsp3) is 0.333. The highest BCUT2D eigenvalue weighted by Gasteiger charge is 2.46. The lowest BCUT2D eigenvalue weighted by Gasteiger charge is -2.34. The highest BCUT2D eigenvalue weighted by molar-refractivity contribution is 5.87. The number of aromatic nitrogens is 1. The number of carboxylic acids is 1. The second-order valence-electron chi connectivity index (χ2n) is 7.25. The van der Waals surface area contributed by atoms with Gasteiger partial charge in [0.05, 0.1) is 11.8 Å². The maximum atomic E-state index is 12.7. The Labute approximate surface area is 167 Å². The van der Waals surface area contributed by atoms with Gasteiger partial charge in [-0.3, -0.25) is 9.78 Å². The first-order valence-corrected chi connectivity index (χ1v) is 9.52. The minimum atomic E-state index is -1.14. The SMILES string of the molecule is O=C(O)c1cncc(OC(=O)N2CCN(C(=O)C3CC3c3ccccc3)CC2)c1. The smallest absolute Gasteiger partial charge is 0.415 e. The van der Waals surface area contributed by atoms with Crippen LogP contribution >= 0.6 is 0 Å². The average molecular weight is 395 g/mol. The number of aromatic carboxylic acids is 1. The highest BCUT2D eigenvalue weighted by Crippen LogP contribution is 2.48. The molecule has 2 amide bonds. The quantitative estimate of drug-likeness (QED) is 0.852. The summed E-state index contributed by atoms with van der Waals surface area (Å²) in [5, 5.41) is 8.99. The van der Waals surface area contributed by atoms with Crippen LogP contribution in [0.25, 0.3) is 0 Å². The lowest BCUT2D eigenvalue weighted by atomic mass is 10.1. The van der Waals surface area contributed by atoms with Crippen LogP contribution in [0.15, 0.2) is 48.8 Å². The lowest BCUT2D eigenvalue weighted by molar-refractivity contribution is -0.134. The number of piperazine rings is 1. The normalized spacial score (nSPS) is 20.8. The van der Waals surface area contributed by atoms with Gasteiger partial charge in [0.2, 0.25) is 5.91 Å². The molecule has 1 saturated heterocycles. The molecule has 2 heterocycles. The molecule has 2 unspecified atom stereocenters. The van der Waals surface area contributed by atoms with Gasteiger partial charge in [0.25, 0.3) is 0 Å².